The summed E-state index contributed by atoms with van der Waals surface area (Å²) in [4.78, 5) is 0. The van der Waals surface area contributed by atoms with E-state index in [1.807, 2.05) is 0 Å². The summed E-state index contributed by atoms with van der Waals surface area (Å²) >= 11 is 0. The second-order valence-corrected chi connectivity index (χ2v) is 9.89. The summed E-state index contributed by atoms with van der Waals surface area (Å²) in [5.41, 5.74) is 6.58. The van der Waals surface area contributed by atoms with Crippen LogP contribution in [0.3, 0.4) is 0 Å². The van der Waals surface area contributed by atoms with Gasteiger partial charge in [-0.15, -0.1) is 0 Å². The molecular formula is C15H35BrNP. The molecule has 0 spiro atoms. The van der Waals surface area contributed by atoms with Gasteiger partial charge in [0.05, 0.1) is 18.5 Å². The molecule has 0 bridgehead atoms. The Morgan fingerprint density at radius 2 is 1.28 bits per heavy atom. The summed E-state index contributed by atoms with van der Waals surface area (Å²) in [6.07, 6.45) is 13.6. The smallest absolute Gasteiger partial charge is 0.117 e. The van der Waals surface area contributed by atoms with Gasteiger partial charge >= 0.3 is 0 Å². The van der Waals surface area contributed by atoms with Gasteiger partial charge in [0, 0.05) is 7.26 Å². The quantitative estimate of drug-likeness (QED) is 0.573. The number of unbranched alkanes of at least 4 members (excludes halogenated alkanes) is 2. The zero-order valence-electron chi connectivity index (χ0n) is 13.1. The van der Waals surface area contributed by atoms with Crippen molar-refractivity contribution in [3.63, 3.8) is 0 Å². The maximum Gasteiger partial charge on any atom is 0.117 e. The average Bonchev–Trinajstić information content (AvgIpc) is 2.33. The van der Waals surface area contributed by atoms with Crippen LogP contribution in [-0.4, -0.2) is 24.3 Å². The van der Waals surface area contributed by atoms with Gasteiger partial charge in [-0.3, -0.25) is 5.73 Å². The van der Waals surface area contributed by atoms with Crippen molar-refractivity contribution in [3.05, 3.63) is 0 Å². The van der Waals surface area contributed by atoms with Crippen LogP contribution in [0, 0.1) is 0 Å². The van der Waals surface area contributed by atoms with E-state index < -0.39 is 7.26 Å². The molecule has 1 nitrogen and oxygen atoms in total. The molecule has 18 heavy (non-hydrogen) atoms. The molecule has 0 aliphatic rings. The Hall–Kier alpha value is 0.870. The fourth-order valence-corrected chi connectivity index (χ4v) is 8.05. The van der Waals surface area contributed by atoms with Gasteiger partial charge in [-0.1, -0.05) is 47.0 Å². The molecule has 0 aromatic carbocycles. The van der Waals surface area contributed by atoms with Crippen molar-refractivity contribution in [2.75, 3.05) is 18.5 Å². The fourth-order valence-electron chi connectivity index (χ4n) is 2.79. The molecule has 0 rings (SSSR count). The molecule has 0 aliphatic carbocycles. The first-order valence-corrected chi connectivity index (χ1v) is 10.2. The van der Waals surface area contributed by atoms with E-state index in [1.165, 1.54) is 63.4 Å². The van der Waals surface area contributed by atoms with Gasteiger partial charge in [-0.2, -0.15) is 0 Å². The standard InChI is InChI=1S/C15H35NP.BrH/c1-5-9-13-17(12-8-4,14-10-6-2)15(16)11-7-3;/h15H,5-14,16H2,1-4H3;1H/q+1;/p-1. The van der Waals surface area contributed by atoms with E-state index in [0.29, 0.717) is 5.78 Å². The number of halogens is 1. The van der Waals surface area contributed by atoms with Crippen LogP contribution in [0.5, 0.6) is 0 Å². The highest BCUT2D eigenvalue weighted by Crippen LogP contribution is 2.63. The van der Waals surface area contributed by atoms with Crippen LogP contribution >= 0.6 is 7.26 Å². The molecule has 1 unspecified atom stereocenters. The van der Waals surface area contributed by atoms with Crippen LogP contribution in [-0.2, 0) is 0 Å². The lowest BCUT2D eigenvalue weighted by molar-refractivity contribution is -0.00000409. The molecule has 0 aliphatic heterocycles. The van der Waals surface area contributed by atoms with Crippen molar-refractivity contribution in [1.29, 1.82) is 0 Å². The first kappa shape index (κ1) is 21.2. The number of hydrogen-bond donors (Lipinski definition) is 1. The summed E-state index contributed by atoms with van der Waals surface area (Å²) < 4.78 is 0. The molecule has 0 heterocycles. The minimum absolute atomic E-state index is 0. The normalized spacial score (nSPS) is 13.2. The Morgan fingerprint density at radius 3 is 1.61 bits per heavy atom. The van der Waals surface area contributed by atoms with Crippen molar-refractivity contribution < 1.29 is 17.0 Å². The molecule has 0 aromatic rings. The summed E-state index contributed by atoms with van der Waals surface area (Å²) in [7, 11) is -0.859. The highest BCUT2D eigenvalue weighted by molar-refractivity contribution is 7.76. The van der Waals surface area contributed by atoms with Crippen molar-refractivity contribution in [1.82, 2.24) is 0 Å². The third-order valence-corrected chi connectivity index (χ3v) is 9.29. The van der Waals surface area contributed by atoms with Crippen LogP contribution in [0.1, 0.15) is 72.6 Å². The van der Waals surface area contributed by atoms with Crippen molar-refractivity contribution in [2.45, 2.75) is 78.4 Å². The second-order valence-electron chi connectivity index (χ2n) is 5.45. The lowest BCUT2D eigenvalue weighted by Gasteiger charge is -2.33. The molecule has 2 N–H and O–H groups in total. The van der Waals surface area contributed by atoms with E-state index in [0.717, 1.165) is 0 Å². The number of rotatable bonds is 11. The predicted molar refractivity (Wildman–Crippen MR) is 84.5 cm³/mol. The van der Waals surface area contributed by atoms with Gasteiger partial charge in [0.15, 0.2) is 0 Å². The third kappa shape index (κ3) is 7.46. The van der Waals surface area contributed by atoms with Gasteiger partial charge in [0.25, 0.3) is 0 Å². The predicted octanol–water partition coefficient (Wildman–Crippen LogP) is 2.10. The van der Waals surface area contributed by atoms with Crippen LogP contribution in [0.25, 0.3) is 0 Å². The Balaban J connectivity index is 0. The first-order chi connectivity index (χ1) is 8.16. The number of nitrogens with two attached hydrogens (primary N) is 1. The van der Waals surface area contributed by atoms with E-state index >= 15 is 0 Å². The Bertz CT molecular complexity index is 168. The first-order valence-electron chi connectivity index (χ1n) is 7.78. The summed E-state index contributed by atoms with van der Waals surface area (Å²) in [6, 6.07) is 0. The fraction of sp³-hybridized carbons (Fsp3) is 1.00. The minimum atomic E-state index is -0.859. The molecular weight excluding hydrogens is 305 g/mol. The van der Waals surface area contributed by atoms with Crippen molar-refractivity contribution in [3.8, 4) is 0 Å². The zero-order valence-corrected chi connectivity index (χ0v) is 15.5. The highest BCUT2D eigenvalue weighted by Gasteiger charge is 2.40. The van der Waals surface area contributed by atoms with Crippen LogP contribution in [0.2, 0.25) is 0 Å². The van der Waals surface area contributed by atoms with E-state index in [-0.39, 0.29) is 17.0 Å². The van der Waals surface area contributed by atoms with Gasteiger partial charge < -0.3 is 17.0 Å². The van der Waals surface area contributed by atoms with E-state index in [9.17, 15) is 0 Å². The second kappa shape index (κ2) is 12.9. The molecule has 0 fully saturated rings. The van der Waals surface area contributed by atoms with E-state index in [4.69, 9.17) is 5.73 Å². The van der Waals surface area contributed by atoms with Crippen molar-refractivity contribution in [2.24, 2.45) is 5.73 Å². The van der Waals surface area contributed by atoms with Crippen molar-refractivity contribution >= 4 is 7.26 Å². The molecule has 112 valence electrons. The van der Waals surface area contributed by atoms with Gasteiger partial charge in [0.2, 0.25) is 0 Å². The van der Waals surface area contributed by atoms with Gasteiger partial charge in [-0.25, -0.2) is 0 Å². The van der Waals surface area contributed by atoms with Crippen LogP contribution in [0.15, 0.2) is 0 Å². The summed E-state index contributed by atoms with van der Waals surface area (Å²) in [5.74, 6) is 0.533. The largest absolute Gasteiger partial charge is 1.00 e. The number of hydrogen-bond acceptors (Lipinski definition) is 1. The lowest BCUT2D eigenvalue weighted by atomic mass is 10.3. The molecule has 1 atom stereocenters. The Kier molecular flexibility index (Phi) is 15.2. The zero-order chi connectivity index (χ0) is 13.1. The van der Waals surface area contributed by atoms with E-state index in [2.05, 4.69) is 27.7 Å². The van der Waals surface area contributed by atoms with Gasteiger partial charge in [0.1, 0.15) is 5.78 Å². The van der Waals surface area contributed by atoms with Crippen LogP contribution < -0.4 is 22.7 Å². The summed E-state index contributed by atoms with van der Waals surface area (Å²) in [5, 5.41) is 0. The summed E-state index contributed by atoms with van der Waals surface area (Å²) in [6.45, 7) is 9.24. The molecule has 0 aromatic heterocycles. The Labute approximate surface area is 127 Å². The van der Waals surface area contributed by atoms with E-state index in [1.54, 1.807) is 0 Å². The molecule has 0 amide bonds. The monoisotopic (exact) mass is 339 g/mol. The van der Waals surface area contributed by atoms with Gasteiger partial charge in [-0.05, 0) is 25.7 Å². The topological polar surface area (TPSA) is 26.0 Å². The highest BCUT2D eigenvalue weighted by atomic mass is 79.9. The maximum absolute atomic E-state index is 6.58. The molecule has 0 saturated carbocycles. The average molecular weight is 340 g/mol. The van der Waals surface area contributed by atoms with Crippen LogP contribution in [0.4, 0.5) is 0 Å². The molecule has 0 saturated heterocycles. The molecule has 3 heteroatoms. The SMILES string of the molecule is CCCC[P+](CCC)(CCCC)C(N)CCC.[Br-]. The molecule has 0 radical (unpaired) electrons. The maximum atomic E-state index is 6.58. The third-order valence-electron chi connectivity index (χ3n) is 3.87. The minimum Gasteiger partial charge on any atom is -1.00 e. The Morgan fingerprint density at radius 1 is 0.778 bits per heavy atom. The lowest BCUT2D eigenvalue weighted by Crippen LogP contribution is -3.00.